The second kappa shape index (κ2) is 10.5. The van der Waals surface area contributed by atoms with Crippen LogP contribution in [-0.2, 0) is 11.8 Å². The lowest BCUT2D eigenvalue weighted by atomic mass is 9.86. The summed E-state index contributed by atoms with van der Waals surface area (Å²) >= 11 is 1.62. The van der Waals surface area contributed by atoms with E-state index >= 15 is 0 Å². The lowest BCUT2D eigenvalue weighted by Crippen LogP contribution is -2.13. The third kappa shape index (κ3) is 5.39. The van der Waals surface area contributed by atoms with Crippen LogP contribution in [0.3, 0.4) is 0 Å². The van der Waals surface area contributed by atoms with E-state index in [1.807, 2.05) is 36.4 Å². The summed E-state index contributed by atoms with van der Waals surface area (Å²) in [6.07, 6.45) is -0.524. The number of hydrogen-bond donors (Lipinski definition) is 0. The predicted molar refractivity (Wildman–Crippen MR) is 183 cm³/mol. The quantitative estimate of drug-likeness (QED) is 0.209. The molecule has 0 saturated carbocycles. The molecule has 212 valence electrons. The number of benzene rings is 3. The molecule has 0 spiro atoms. The topological polar surface area (TPSA) is 25.8 Å². The Labute approximate surface area is 265 Å². The van der Waals surface area contributed by atoms with E-state index in [1.165, 1.54) is 12.3 Å². The molecule has 0 fully saturated rings. The fourth-order valence-electron chi connectivity index (χ4n) is 5.34. The number of aromatic nitrogens is 2. The van der Waals surface area contributed by atoms with Gasteiger partial charge in [-0.3, -0.25) is 9.97 Å². The second-order valence-electron chi connectivity index (χ2n) is 12.9. The zero-order chi connectivity index (χ0) is 36.6. The van der Waals surface area contributed by atoms with Crippen LogP contribution < -0.4 is 0 Å². The monoisotopic (exact) mass is 576 g/mol. The van der Waals surface area contributed by atoms with Crippen LogP contribution in [0.1, 0.15) is 74.9 Å². The zero-order valence-electron chi connectivity index (χ0n) is 32.9. The average molecular weight is 577 g/mol. The Bertz CT molecular complexity index is 2250. The molecule has 3 aromatic carbocycles. The summed E-state index contributed by atoms with van der Waals surface area (Å²) in [6, 6.07) is 24.4. The van der Waals surface area contributed by atoms with E-state index < -0.39 is 25.5 Å². The van der Waals surface area contributed by atoms with Gasteiger partial charge in [0.25, 0.3) is 0 Å². The minimum atomic E-state index is -2.64. The van der Waals surface area contributed by atoms with Crippen molar-refractivity contribution in [2.45, 2.75) is 67.0 Å². The van der Waals surface area contributed by atoms with Gasteiger partial charge in [-0.15, -0.1) is 11.3 Å². The first-order valence-corrected chi connectivity index (χ1v) is 15.0. The summed E-state index contributed by atoms with van der Waals surface area (Å²) < 4.78 is 69.9. The predicted octanol–water partition coefficient (Wildman–Crippen LogP) is 11.3. The van der Waals surface area contributed by atoms with Crippen LogP contribution in [0.5, 0.6) is 0 Å². The number of hydrogen-bond acceptors (Lipinski definition) is 3. The minimum Gasteiger partial charge on any atom is -0.256 e. The Balaban J connectivity index is 1.58. The molecule has 0 N–H and O–H groups in total. The third-order valence-corrected chi connectivity index (χ3v) is 8.61. The van der Waals surface area contributed by atoms with Crippen molar-refractivity contribution in [3.63, 3.8) is 0 Å². The van der Waals surface area contributed by atoms with E-state index in [4.69, 9.17) is 16.0 Å². The first kappa shape index (κ1) is 20.1. The fraction of sp³-hybridized carbons (Fsp3) is 0.282. The SMILES string of the molecule is [2H]C([2H])([2H])c1cnc(-c2cccc3c2sc2c(-c4cccc(C(C)(C)C)n4)cccc23)cc1-c1ccc(C([2H])([2H])C(C)(C)C)cc1C([2H])([2H])[2H]. The number of pyridine rings is 2. The van der Waals surface area contributed by atoms with Crippen LogP contribution in [0.25, 0.3) is 53.8 Å². The van der Waals surface area contributed by atoms with Crippen molar-refractivity contribution in [3.8, 4) is 33.6 Å². The van der Waals surface area contributed by atoms with Crippen LogP contribution in [-0.4, -0.2) is 9.97 Å². The van der Waals surface area contributed by atoms with E-state index in [2.05, 4.69) is 44.0 Å². The molecular formula is C39H40N2S. The van der Waals surface area contributed by atoms with E-state index in [1.54, 1.807) is 50.3 Å². The normalized spacial score (nSPS) is 16.1. The number of rotatable bonds is 4. The van der Waals surface area contributed by atoms with Gasteiger partial charge < -0.3 is 0 Å². The van der Waals surface area contributed by atoms with Gasteiger partial charge in [0.15, 0.2) is 0 Å². The first-order chi connectivity index (χ1) is 23.1. The van der Waals surface area contributed by atoms with Crippen LogP contribution in [0.4, 0.5) is 0 Å². The molecule has 6 aromatic rings. The highest BCUT2D eigenvalue weighted by atomic mass is 32.1. The van der Waals surface area contributed by atoms with Gasteiger partial charge in [-0.25, -0.2) is 0 Å². The van der Waals surface area contributed by atoms with Crippen molar-refractivity contribution in [1.82, 2.24) is 9.97 Å². The van der Waals surface area contributed by atoms with E-state index in [9.17, 15) is 0 Å². The van der Waals surface area contributed by atoms with Crippen molar-refractivity contribution in [2.24, 2.45) is 5.41 Å². The molecular weight excluding hydrogens is 529 g/mol. The van der Waals surface area contributed by atoms with Gasteiger partial charge in [0, 0.05) is 59.6 Å². The Morgan fingerprint density at radius 2 is 1.36 bits per heavy atom. The summed E-state index contributed by atoms with van der Waals surface area (Å²) in [5.41, 5.74) is 3.74. The van der Waals surface area contributed by atoms with Gasteiger partial charge in [-0.05, 0) is 71.5 Å². The van der Waals surface area contributed by atoms with Crippen molar-refractivity contribution in [1.29, 1.82) is 0 Å². The molecule has 0 unspecified atom stereocenters. The molecule has 2 nitrogen and oxygen atoms in total. The highest BCUT2D eigenvalue weighted by Crippen LogP contribution is 2.44. The molecule has 6 rings (SSSR count). The molecule has 0 aliphatic heterocycles. The maximum Gasteiger partial charge on any atom is 0.0722 e. The maximum atomic E-state index is 8.79. The maximum absolute atomic E-state index is 8.79. The van der Waals surface area contributed by atoms with Crippen molar-refractivity contribution >= 4 is 31.5 Å². The minimum absolute atomic E-state index is 0.0751. The number of nitrogens with zero attached hydrogens (tertiary/aromatic N) is 2. The average Bonchev–Trinajstić information content (AvgIpc) is 3.42. The summed E-state index contributed by atoms with van der Waals surface area (Å²) in [5, 5.41) is 2.09. The molecule has 3 aromatic heterocycles. The number of fused-ring (bicyclic) bond motifs is 3. The van der Waals surface area contributed by atoms with Gasteiger partial charge in [-0.1, -0.05) is 102 Å². The Morgan fingerprint density at radius 3 is 2.00 bits per heavy atom. The molecule has 0 bridgehead atoms. The molecule has 0 radical (unpaired) electrons. The Morgan fingerprint density at radius 1 is 0.690 bits per heavy atom. The molecule has 0 atom stereocenters. The lowest BCUT2D eigenvalue weighted by molar-refractivity contribution is 0.411. The molecule has 3 heteroatoms. The van der Waals surface area contributed by atoms with Crippen molar-refractivity contribution < 1.29 is 11.0 Å². The standard InChI is InChI=1S/C39H40N2S/c1-24-20-26(22-38(3,4)5)18-19-27(24)32-21-34(40-23-25(32)2)31-15-10-13-29-28-12-9-14-30(36(28)42-37(29)31)33-16-11-17-35(41-33)39(6,7)8/h9-21,23H,22H2,1-8H3/i1D3,2D3,22D2. The smallest absolute Gasteiger partial charge is 0.0722 e. The largest absolute Gasteiger partial charge is 0.256 e. The van der Waals surface area contributed by atoms with Crippen molar-refractivity contribution in [3.05, 3.63) is 107 Å². The van der Waals surface area contributed by atoms with Crippen molar-refractivity contribution in [2.75, 3.05) is 0 Å². The summed E-state index contributed by atoms with van der Waals surface area (Å²) in [7, 11) is 0. The van der Waals surface area contributed by atoms with Crippen LogP contribution in [0, 0.1) is 19.1 Å². The number of thiophene rings is 1. The van der Waals surface area contributed by atoms with Crippen LogP contribution in [0.15, 0.2) is 85.1 Å². The van der Waals surface area contributed by atoms with Crippen LogP contribution in [0.2, 0.25) is 0 Å². The highest BCUT2D eigenvalue weighted by molar-refractivity contribution is 7.26. The highest BCUT2D eigenvalue weighted by Gasteiger charge is 2.19. The summed E-state index contributed by atoms with van der Waals surface area (Å²) in [6.45, 7) is 6.47. The number of aryl methyl sites for hydroxylation is 2. The van der Waals surface area contributed by atoms with E-state index in [0.717, 1.165) is 42.7 Å². The molecule has 0 saturated heterocycles. The van der Waals surface area contributed by atoms with E-state index in [0.29, 0.717) is 5.69 Å². The fourth-order valence-corrected chi connectivity index (χ4v) is 6.69. The Kier molecular flexibility index (Phi) is 5.02. The third-order valence-electron chi connectivity index (χ3n) is 7.33. The van der Waals surface area contributed by atoms with Gasteiger partial charge in [0.05, 0.1) is 11.4 Å². The van der Waals surface area contributed by atoms with Gasteiger partial charge in [0.1, 0.15) is 0 Å². The van der Waals surface area contributed by atoms with E-state index in [-0.39, 0.29) is 33.2 Å². The zero-order valence-corrected chi connectivity index (χ0v) is 25.7. The molecule has 0 amide bonds. The summed E-state index contributed by atoms with van der Waals surface area (Å²) in [4.78, 5) is 9.68. The first-order valence-electron chi connectivity index (χ1n) is 18.2. The molecule has 0 aliphatic carbocycles. The van der Waals surface area contributed by atoms with Gasteiger partial charge >= 0.3 is 0 Å². The summed E-state index contributed by atoms with van der Waals surface area (Å²) in [5.74, 6) is 0. The second-order valence-corrected chi connectivity index (χ2v) is 13.9. The van der Waals surface area contributed by atoms with Gasteiger partial charge in [-0.2, -0.15) is 0 Å². The van der Waals surface area contributed by atoms with Gasteiger partial charge in [0.2, 0.25) is 0 Å². The molecule has 3 heterocycles. The molecule has 0 aliphatic rings. The Hall–Kier alpha value is -3.82. The lowest BCUT2D eigenvalue weighted by Gasteiger charge is -2.19. The molecule has 42 heavy (non-hydrogen) atoms. The van der Waals surface area contributed by atoms with Crippen LogP contribution >= 0.6 is 11.3 Å².